The number of hydrogen-bond donors (Lipinski definition) is 0. The molecule has 0 fully saturated rings. The molecule has 0 heterocycles. The van der Waals surface area contributed by atoms with Gasteiger partial charge >= 0.3 is 6.18 Å². The van der Waals surface area contributed by atoms with Crippen LogP contribution in [0.3, 0.4) is 0 Å². The first-order valence-corrected chi connectivity index (χ1v) is 3.22. The molecular formula is C2HClF3O2S-. The summed E-state index contributed by atoms with van der Waals surface area (Å²) in [5.41, 5.74) is 0. The molecule has 56 valence electrons. The third-order valence-electron chi connectivity index (χ3n) is 0.426. The molecule has 0 radical (unpaired) electrons. The molecule has 0 aliphatic heterocycles. The Morgan fingerprint density at radius 1 is 1.56 bits per heavy atom. The third-order valence-corrected chi connectivity index (χ3v) is 1.72. The zero-order chi connectivity index (χ0) is 7.65. The molecule has 0 aliphatic rings. The van der Waals surface area contributed by atoms with Gasteiger partial charge in [-0.3, -0.25) is 4.21 Å². The topological polar surface area (TPSA) is 40.1 Å². The van der Waals surface area contributed by atoms with E-state index in [0.717, 1.165) is 0 Å². The molecule has 0 rings (SSSR count). The predicted octanol–water partition coefficient (Wildman–Crippen LogP) is 0.993. The quantitative estimate of drug-likeness (QED) is 0.447. The van der Waals surface area contributed by atoms with Crippen molar-refractivity contribution >= 4 is 22.7 Å². The van der Waals surface area contributed by atoms with Gasteiger partial charge in [0.2, 0.25) is 0 Å². The minimum Gasteiger partial charge on any atom is -0.771 e. The molecule has 7 heteroatoms. The number of hydrogen-bond acceptors (Lipinski definition) is 2. The van der Waals surface area contributed by atoms with Gasteiger partial charge in [-0.2, -0.15) is 13.2 Å². The summed E-state index contributed by atoms with van der Waals surface area (Å²) in [5, 5.41) is 0. The minimum atomic E-state index is -4.87. The first-order valence-electron chi connectivity index (χ1n) is 1.64. The van der Waals surface area contributed by atoms with E-state index in [2.05, 4.69) is 11.6 Å². The van der Waals surface area contributed by atoms with Crippen LogP contribution in [0.4, 0.5) is 13.2 Å². The molecule has 0 spiro atoms. The lowest BCUT2D eigenvalue weighted by molar-refractivity contribution is -0.115. The number of halogens is 4. The minimum absolute atomic E-state index is 2.79. The fraction of sp³-hybridized carbons (Fsp3) is 1.00. The van der Waals surface area contributed by atoms with Gasteiger partial charge in [0.1, 0.15) is 0 Å². The van der Waals surface area contributed by atoms with Crippen molar-refractivity contribution in [3.05, 3.63) is 0 Å². The molecule has 0 amide bonds. The van der Waals surface area contributed by atoms with E-state index >= 15 is 0 Å². The van der Waals surface area contributed by atoms with Gasteiger partial charge in [-0.25, -0.2) is 0 Å². The van der Waals surface area contributed by atoms with Crippen molar-refractivity contribution in [3.8, 4) is 0 Å². The van der Waals surface area contributed by atoms with E-state index in [4.69, 9.17) is 0 Å². The van der Waals surface area contributed by atoms with Crippen molar-refractivity contribution in [1.29, 1.82) is 0 Å². The van der Waals surface area contributed by atoms with Crippen LogP contribution in [0.2, 0.25) is 0 Å². The van der Waals surface area contributed by atoms with Crippen LogP contribution in [0, 0.1) is 0 Å². The van der Waals surface area contributed by atoms with Gasteiger partial charge in [-0.1, -0.05) is 11.6 Å². The molecule has 0 saturated heterocycles. The summed E-state index contributed by atoms with van der Waals surface area (Å²) in [7, 11) is 0. The highest BCUT2D eigenvalue weighted by atomic mass is 35.5. The molecule has 0 aromatic rings. The summed E-state index contributed by atoms with van der Waals surface area (Å²) in [6.45, 7) is 0. The monoisotopic (exact) mass is 181 g/mol. The highest BCUT2D eigenvalue weighted by molar-refractivity contribution is 7.81. The first-order chi connectivity index (χ1) is 3.85. The first kappa shape index (κ1) is 9.19. The average Bonchev–Trinajstić information content (AvgIpc) is 1.62. The Balaban J connectivity index is 4.04. The lowest BCUT2D eigenvalue weighted by atomic mass is 10.8. The molecule has 2 nitrogen and oxygen atoms in total. The standard InChI is InChI=1S/C2H2ClF3O2S/c3-1(9(7)8)2(4,5)6/h1H,(H,7,8)/p-1/t1-/m1/s1. The van der Waals surface area contributed by atoms with Crippen molar-refractivity contribution in [1.82, 2.24) is 0 Å². The molecule has 0 bridgehead atoms. The molecule has 0 aliphatic carbocycles. The largest absolute Gasteiger partial charge is 0.771 e. The second kappa shape index (κ2) is 2.85. The smallest absolute Gasteiger partial charge is 0.415 e. The second-order valence-electron chi connectivity index (χ2n) is 1.12. The Hall–Kier alpha value is 0.190. The second-order valence-corrected chi connectivity index (χ2v) is 2.81. The molecule has 1 unspecified atom stereocenters. The Morgan fingerprint density at radius 3 is 1.89 bits per heavy atom. The van der Waals surface area contributed by atoms with Gasteiger partial charge in [-0.05, 0) is 11.1 Å². The van der Waals surface area contributed by atoms with E-state index in [1.165, 1.54) is 0 Å². The molecule has 0 aromatic carbocycles. The van der Waals surface area contributed by atoms with Gasteiger partial charge in [0.15, 0.2) is 4.71 Å². The summed E-state index contributed by atoms with van der Waals surface area (Å²) < 4.78 is 49.7. The van der Waals surface area contributed by atoms with Crippen molar-refractivity contribution in [3.63, 3.8) is 0 Å². The Kier molecular flexibility index (Phi) is 2.91. The van der Waals surface area contributed by atoms with E-state index in [-0.39, 0.29) is 0 Å². The van der Waals surface area contributed by atoms with Crippen LogP contribution in [0.15, 0.2) is 0 Å². The summed E-state index contributed by atoms with van der Waals surface area (Å²) in [6.07, 6.45) is -4.87. The lowest BCUT2D eigenvalue weighted by Gasteiger charge is -2.14. The van der Waals surface area contributed by atoms with Crippen LogP contribution in [0.25, 0.3) is 0 Å². The molecule has 9 heavy (non-hydrogen) atoms. The van der Waals surface area contributed by atoms with E-state index in [9.17, 15) is 21.9 Å². The predicted molar refractivity (Wildman–Crippen MR) is 24.6 cm³/mol. The maximum absolute atomic E-state index is 11.2. The molecular weight excluding hydrogens is 181 g/mol. The highest BCUT2D eigenvalue weighted by Gasteiger charge is 2.39. The zero-order valence-corrected chi connectivity index (χ0v) is 5.39. The summed E-state index contributed by atoms with van der Waals surface area (Å²) in [6, 6.07) is 0. The maximum Gasteiger partial charge on any atom is 0.415 e. The molecule has 0 aromatic heterocycles. The van der Waals surface area contributed by atoms with Crippen LogP contribution in [-0.2, 0) is 11.1 Å². The van der Waals surface area contributed by atoms with Gasteiger partial charge in [-0.15, -0.1) is 0 Å². The zero-order valence-electron chi connectivity index (χ0n) is 3.81. The van der Waals surface area contributed by atoms with Crippen molar-refractivity contribution in [2.24, 2.45) is 0 Å². The van der Waals surface area contributed by atoms with E-state index < -0.39 is 22.0 Å². The Morgan fingerprint density at radius 2 is 1.89 bits per heavy atom. The van der Waals surface area contributed by atoms with Crippen molar-refractivity contribution in [2.45, 2.75) is 10.9 Å². The fourth-order valence-electron chi connectivity index (χ4n) is 0.109. The van der Waals surface area contributed by atoms with Gasteiger partial charge in [0, 0.05) is 0 Å². The van der Waals surface area contributed by atoms with Crippen LogP contribution < -0.4 is 0 Å². The lowest BCUT2D eigenvalue weighted by Crippen LogP contribution is -2.27. The van der Waals surface area contributed by atoms with Crippen molar-refractivity contribution in [2.75, 3.05) is 0 Å². The van der Waals surface area contributed by atoms with E-state index in [0.29, 0.717) is 0 Å². The van der Waals surface area contributed by atoms with Crippen LogP contribution >= 0.6 is 11.6 Å². The van der Waals surface area contributed by atoms with E-state index in [1.807, 2.05) is 0 Å². The Labute approximate surface area is 56.3 Å². The summed E-state index contributed by atoms with van der Waals surface area (Å²) in [5.74, 6) is 0. The van der Waals surface area contributed by atoms with Crippen molar-refractivity contribution < 1.29 is 21.9 Å². The fourth-order valence-corrected chi connectivity index (χ4v) is 0.327. The summed E-state index contributed by atoms with van der Waals surface area (Å²) in [4.78, 5) is 0. The van der Waals surface area contributed by atoms with Gasteiger partial charge in [0.25, 0.3) is 0 Å². The highest BCUT2D eigenvalue weighted by Crippen LogP contribution is 2.26. The molecule has 2 atom stereocenters. The summed E-state index contributed by atoms with van der Waals surface area (Å²) >= 11 is 1.06. The van der Waals surface area contributed by atoms with E-state index in [1.54, 1.807) is 0 Å². The van der Waals surface area contributed by atoms with Gasteiger partial charge in [0.05, 0.1) is 0 Å². The average molecular weight is 182 g/mol. The number of alkyl halides is 4. The van der Waals surface area contributed by atoms with Crippen LogP contribution in [0.1, 0.15) is 0 Å². The van der Waals surface area contributed by atoms with Crippen LogP contribution in [0.5, 0.6) is 0 Å². The van der Waals surface area contributed by atoms with Gasteiger partial charge < -0.3 is 4.55 Å². The normalized spacial score (nSPS) is 19.2. The number of rotatable bonds is 1. The maximum atomic E-state index is 11.2. The van der Waals surface area contributed by atoms with Crippen LogP contribution in [-0.4, -0.2) is 19.6 Å². The SMILES string of the molecule is O=S([O-])[C@@H](Cl)C(F)(F)F. The third kappa shape index (κ3) is 3.02. The molecule has 0 N–H and O–H groups in total. The Bertz CT molecular complexity index is 123. The molecule has 0 saturated carbocycles.